The second kappa shape index (κ2) is 5.61. The molecule has 1 unspecified atom stereocenters. The number of furan rings is 1. The first-order chi connectivity index (χ1) is 10.9. The summed E-state index contributed by atoms with van der Waals surface area (Å²) in [5.41, 5.74) is 2.36. The van der Waals surface area contributed by atoms with Crippen LogP contribution in [0, 0.1) is 13.8 Å². The van der Waals surface area contributed by atoms with Crippen LogP contribution in [0.4, 0.5) is 0 Å². The maximum atomic E-state index is 12.8. The maximum Gasteiger partial charge on any atom is 0.290 e. The largest absolute Gasteiger partial charge is 0.493 e. The average molecular weight is 316 g/mol. The third-order valence-corrected chi connectivity index (χ3v) is 4.09. The molecule has 1 aromatic heterocycles. The Morgan fingerprint density at radius 1 is 1.39 bits per heavy atom. The number of aryl methyl sites for hydroxylation is 2. The molecule has 1 N–H and O–H groups in total. The van der Waals surface area contributed by atoms with Gasteiger partial charge in [-0.1, -0.05) is 0 Å². The maximum absolute atomic E-state index is 12.8. The van der Waals surface area contributed by atoms with Crippen molar-refractivity contribution in [2.24, 2.45) is 0 Å². The minimum absolute atomic E-state index is 0.0514. The molecule has 0 radical (unpaired) electrons. The first-order valence-electron chi connectivity index (χ1n) is 7.57. The van der Waals surface area contributed by atoms with Crippen molar-refractivity contribution in [3.63, 3.8) is 0 Å². The Kier molecular flexibility index (Phi) is 3.75. The molecule has 2 heterocycles. The van der Waals surface area contributed by atoms with E-state index in [1.54, 1.807) is 7.11 Å². The van der Waals surface area contributed by atoms with Gasteiger partial charge in [0.15, 0.2) is 17.1 Å². The van der Waals surface area contributed by atoms with Gasteiger partial charge in [0.25, 0.3) is 5.91 Å². The fourth-order valence-corrected chi connectivity index (χ4v) is 3.01. The predicted molar refractivity (Wildman–Crippen MR) is 85.7 cm³/mol. The molecule has 1 fully saturated rings. The van der Waals surface area contributed by atoms with Gasteiger partial charge in [0, 0.05) is 23.5 Å². The SMILES string of the molecule is COc1cc(C)cc2c(C)c(C(=O)N3CC(=O)NC(C)C3)oc12. The quantitative estimate of drug-likeness (QED) is 0.920. The van der Waals surface area contributed by atoms with Crippen LogP contribution in [0.15, 0.2) is 16.5 Å². The third kappa shape index (κ3) is 2.65. The molecular formula is C17H20N2O4. The van der Waals surface area contributed by atoms with Crippen LogP contribution in [0.1, 0.15) is 28.6 Å². The zero-order valence-corrected chi connectivity index (χ0v) is 13.7. The summed E-state index contributed by atoms with van der Waals surface area (Å²) in [4.78, 5) is 26.0. The highest BCUT2D eigenvalue weighted by molar-refractivity contribution is 6.01. The van der Waals surface area contributed by atoms with Crippen LogP contribution in [0.25, 0.3) is 11.0 Å². The lowest BCUT2D eigenvalue weighted by Gasteiger charge is -2.30. The molecule has 2 amide bonds. The van der Waals surface area contributed by atoms with Crippen molar-refractivity contribution in [3.05, 3.63) is 29.0 Å². The summed E-state index contributed by atoms with van der Waals surface area (Å²) in [6.45, 7) is 6.21. The lowest BCUT2D eigenvalue weighted by molar-refractivity contribution is -0.124. The normalized spacial score (nSPS) is 18.2. The Morgan fingerprint density at radius 3 is 2.78 bits per heavy atom. The third-order valence-electron chi connectivity index (χ3n) is 4.09. The summed E-state index contributed by atoms with van der Waals surface area (Å²) in [5, 5.41) is 3.66. The van der Waals surface area contributed by atoms with Gasteiger partial charge in [-0.15, -0.1) is 0 Å². The van der Waals surface area contributed by atoms with E-state index in [4.69, 9.17) is 9.15 Å². The number of ether oxygens (including phenoxy) is 1. The molecule has 1 atom stereocenters. The summed E-state index contributed by atoms with van der Waals surface area (Å²) >= 11 is 0. The first-order valence-corrected chi connectivity index (χ1v) is 7.57. The number of piperazine rings is 1. The van der Waals surface area contributed by atoms with Crippen molar-refractivity contribution >= 4 is 22.8 Å². The fourth-order valence-electron chi connectivity index (χ4n) is 3.01. The highest BCUT2D eigenvalue weighted by Gasteiger charge is 2.30. The molecule has 0 bridgehead atoms. The van der Waals surface area contributed by atoms with E-state index in [1.165, 1.54) is 4.90 Å². The second-order valence-electron chi connectivity index (χ2n) is 6.05. The van der Waals surface area contributed by atoms with Crippen LogP contribution in [0.5, 0.6) is 5.75 Å². The Morgan fingerprint density at radius 2 is 2.13 bits per heavy atom. The Balaban J connectivity index is 2.04. The van der Waals surface area contributed by atoms with E-state index in [-0.39, 0.29) is 30.2 Å². The van der Waals surface area contributed by atoms with Crippen LogP contribution in [-0.2, 0) is 4.79 Å². The molecule has 1 aliphatic heterocycles. The van der Waals surface area contributed by atoms with E-state index < -0.39 is 0 Å². The topological polar surface area (TPSA) is 71.8 Å². The minimum atomic E-state index is -0.264. The van der Waals surface area contributed by atoms with E-state index in [9.17, 15) is 9.59 Å². The van der Waals surface area contributed by atoms with Crippen molar-refractivity contribution in [1.29, 1.82) is 0 Å². The summed E-state index contributed by atoms with van der Waals surface area (Å²) in [7, 11) is 1.57. The van der Waals surface area contributed by atoms with E-state index >= 15 is 0 Å². The number of nitrogens with zero attached hydrogens (tertiary/aromatic N) is 1. The van der Waals surface area contributed by atoms with Gasteiger partial charge in [-0.25, -0.2) is 0 Å². The fraction of sp³-hybridized carbons (Fsp3) is 0.412. The average Bonchev–Trinajstić information content (AvgIpc) is 2.82. The van der Waals surface area contributed by atoms with Gasteiger partial charge in [0.05, 0.1) is 7.11 Å². The molecule has 1 aromatic carbocycles. The van der Waals surface area contributed by atoms with Crippen molar-refractivity contribution in [2.75, 3.05) is 20.2 Å². The molecule has 23 heavy (non-hydrogen) atoms. The zero-order chi connectivity index (χ0) is 16.7. The highest BCUT2D eigenvalue weighted by Crippen LogP contribution is 2.34. The highest BCUT2D eigenvalue weighted by atomic mass is 16.5. The molecule has 6 nitrogen and oxygen atoms in total. The molecule has 1 aliphatic rings. The van der Waals surface area contributed by atoms with Crippen molar-refractivity contribution in [1.82, 2.24) is 10.2 Å². The predicted octanol–water partition coefficient (Wildman–Crippen LogP) is 2.02. The number of carbonyl (C=O) groups is 2. The number of nitrogens with one attached hydrogen (secondary N) is 1. The molecule has 122 valence electrons. The van der Waals surface area contributed by atoms with E-state index in [0.717, 1.165) is 16.5 Å². The first kappa shape index (κ1) is 15.4. The zero-order valence-electron chi connectivity index (χ0n) is 13.7. The number of fused-ring (bicyclic) bond motifs is 1. The Bertz CT molecular complexity index is 793. The smallest absolute Gasteiger partial charge is 0.290 e. The molecule has 0 aliphatic carbocycles. The molecular weight excluding hydrogens is 296 g/mol. The summed E-state index contributed by atoms with van der Waals surface area (Å²) in [6, 6.07) is 3.77. The van der Waals surface area contributed by atoms with Crippen LogP contribution in [-0.4, -0.2) is 43.0 Å². The van der Waals surface area contributed by atoms with Crippen LogP contribution in [0.3, 0.4) is 0 Å². The van der Waals surface area contributed by atoms with Gasteiger partial charge in [-0.3, -0.25) is 9.59 Å². The van der Waals surface area contributed by atoms with Gasteiger partial charge < -0.3 is 19.4 Å². The van der Waals surface area contributed by atoms with Gasteiger partial charge in [-0.05, 0) is 38.5 Å². The number of hydrogen-bond acceptors (Lipinski definition) is 4. The van der Waals surface area contributed by atoms with Crippen molar-refractivity contribution in [3.8, 4) is 5.75 Å². The molecule has 0 spiro atoms. The molecule has 6 heteroatoms. The number of benzene rings is 1. The standard InChI is InChI=1S/C17H20N2O4/c1-9-5-12-11(3)15(23-16(12)13(6-9)22-4)17(21)19-7-10(2)18-14(20)8-19/h5-6,10H,7-8H2,1-4H3,(H,18,20). The van der Waals surface area contributed by atoms with Gasteiger partial charge >= 0.3 is 0 Å². The van der Waals surface area contributed by atoms with E-state index in [0.29, 0.717) is 17.9 Å². The summed E-state index contributed by atoms with van der Waals surface area (Å²) in [6.07, 6.45) is 0. The number of rotatable bonds is 2. The van der Waals surface area contributed by atoms with E-state index in [1.807, 2.05) is 32.9 Å². The Hall–Kier alpha value is -2.50. The Labute approximate surface area is 134 Å². The molecule has 3 rings (SSSR count). The number of amides is 2. The minimum Gasteiger partial charge on any atom is -0.493 e. The second-order valence-corrected chi connectivity index (χ2v) is 6.05. The van der Waals surface area contributed by atoms with Crippen molar-refractivity contribution < 1.29 is 18.7 Å². The summed E-state index contributed by atoms with van der Waals surface area (Å²) in [5.74, 6) is 0.456. The van der Waals surface area contributed by atoms with Crippen LogP contribution < -0.4 is 10.1 Å². The lowest BCUT2D eigenvalue weighted by atomic mass is 10.1. The van der Waals surface area contributed by atoms with Crippen LogP contribution in [0.2, 0.25) is 0 Å². The lowest BCUT2D eigenvalue weighted by Crippen LogP contribution is -2.54. The monoisotopic (exact) mass is 316 g/mol. The molecule has 0 saturated carbocycles. The van der Waals surface area contributed by atoms with Crippen LogP contribution >= 0.6 is 0 Å². The summed E-state index contributed by atoms with van der Waals surface area (Å²) < 4.78 is 11.2. The van der Waals surface area contributed by atoms with E-state index in [2.05, 4.69) is 5.32 Å². The van der Waals surface area contributed by atoms with Gasteiger partial charge in [-0.2, -0.15) is 0 Å². The van der Waals surface area contributed by atoms with Crippen molar-refractivity contribution in [2.45, 2.75) is 26.8 Å². The number of methoxy groups -OCH3 is 1. The number of hydrogen-bond donors (Lipinski definition) is 1. The van der Waals surface area contributed by atoms with Gasteiger partial charge in [0.2, 0.25) is 5.91 Å². The number of carbonyl (C=O) groups excluding carboxylic acids is 2. The molecule has 2 aromatic rings. The molecule has 1 saturated heterocycles. The van der Waals surface area contributed by atoms with Gasteiger partial charge in [0.1, 0.15) is 6.54 Å².